The van der Waals surface area contributed by atoms with Gasteiger partial charge in [-0.25, -0.2) is 18.4 Å². The van der Waals surface area contributed by atoms with E-state index in [1.807, 2.05) is 0 Å². The van der Waals surface area contributed by atoms with Crippen LogP contribution in [-0.2, 0) is 9.84 Å². The van der Waals surface area contributed by atoms with E-state index in [9.17, 15) is 8.42 Å². The second kappa shape index (κ2) is 7.05. The zero-order chi connectivity index (χ0) is 17.2. The summed E-state index contributed by atoms with van der Waals surface area (Å²) in [6, 6.07) is 5.43. The molecular weight excluding hydrogens is 322 g/mol. The Balaban J connectivity index is 1.82. The van der Waals surface area contributed by atoms with Gasteiger partial charge in [-0.15, -0.1) is 0 Å². The van der Waals surface area contributed by atoms with Crippen molar-refractivity contribution in [2.75, 3.05) is 11.6 Å². The van der Waals surface area contributed by atoms with Gasteiger partial charge in [0.1, 0.15) is 12.1 Å². The quantitative estimate of drug-likeness (QED) is 0.890. The summed E-state index contributed by atoms with van der Waals surface area (Å²) in [6.07, 6.45) is 10.1. The van der Waals surface area contributed by atoms with E-state index in [4.69, 9.17) is 0 Å². The van der Waals surface area contributed by atoms with Gasteiger partial charge < -0.3 is 5.32 Å². The number of nitrogens with zero attached hydrogens (tertiary/aromatic N) is 2. The van der Waals surface area contributed by atoms with Crippen molar-refractivity contribution in [3.05, 3.63) is 24.5 Å². The fourth-order valence-electron chi connectivity index (χ4n) is 3.58. The molecule has 0 saturated heterocycles. The number of aromatic nitrogens is 2. The number of sulfone groups is 1. The Kier molecular flexibility index (Phi) is 5.04. The van der Waals surface area contributed by atoms with Crippen LogP contribution >= 0.6 is 0 Å². The summed E-state index contributed by atoms with van der Waals surface area (Å²) in [7, 11) is -3.24. The van der Waals surface area contributed by atoms with Crippen LogP contribution in [0, 0.1) is 5.92 Å². The molecule has 6 heteroatoms. The molecule has 1 heterocycles. The summed E-state index contributed by atoms with van der Waals surface area (Å²) in [5.74, 6) is 1.59. The number of fused-ring (bicyclic) bond motifs is 1. The van der Waals surface area contributed by atoms with Crippen LogP contribution in [0.2, 0.25) is 0 Å². The summed E-state index contributed by atoms with van der Waals surface area (Å²) < 4.78 is 23.6. The molecule has 0 atom stereocenters. The Bertz CT molecular complexity index is 812. The third-order valence-corrected chi connectivity index (χ3v) is 6.03. The molecule has 1 saturated carbocycles. The van der Waals surface area contributed by atoms with E-state index in [0.717, 1.165) is 35.5 Å². The Morgan fingerprint density at radius 2 is 1.92 bits per heavy atom. The van der Waals surface area contributed by atoms with E-state index in [1.165, 1.54) is 38.3 Å². The third kappa shape index (κ3) is 3.86. The average molecular weight is 347 g/mol. The van der Waals surface area contributed by atoms with Gasteiger partial charge in [0.25, 0.3) is 0 Å². The van der Waals surface area contributed by atoms with Gasteiger partial charge in [0.2, 0.25) is 0 Å². The predicted octanol–water partition coefficient (Wildman–Crippen LogP) is 3.80. The highest BCUT2D eigenvalue weighted by Gasteiger charge is 2.21. The lowest BCUT2D eigenvalue weighted by Crippen LogP contribution is -2.26. The van der Waals surface area contributed by atoms with Crippen LogP contribution in [0.1, 0.15) is 45.4 Å². The Labute approximate surface area is 143 Å². The van der Waals surface area contributed by atoms with E-state index in [-0.39, 0.29) is 0 Å². The number of rotatable bonds is 5. The van der Waals surface area contributed by atoms with Crippen LogP contribution in [0.5, 0.6) is 0 Å². The molecule has 0 unspecified atom stereocenters. The van der Waals surface area contributed by atoms with Crippen molar-refractivity contribution >= 4 is 26.6 Å². The molecule has 0 radical (unpaired) electrons. The van der Waals surface area contributed by atoms with Crippen LogP contribution in [0.4, 0.5) is 5.82 Å². The van der Waals surface area contributed by atoms with E-state index >= 15 is 0 Å². The molecule has 1 aromatic heterocycles. The maximum absolute atomic E-state index is 11.8. The van der Waals surface area contributed by atoms with Gasteiger partial charge in [-0.05, 0) is 49.8 Å². The lowest BCUT2D eigenvalue weighted by atomic mass is 9.83. The second-order valence-corrected chi connectivity index (χ2v) is 8.84. The fourth-order valence-corrected chi connectivity index (χ4v) is 4.23. The highest BCUT2D eigenvalue weighted by Crippen LogP contribution is 2.31. The first-order chi connectivity index (χ1) is 11.5. The van der Waals surface area contributed by atoms with Crippen LogP contribution in [0.25, 0.3) is 10.9 Å². The molecule has 1 aliphatic carbocycles. The minimum absolute atomic E-state index is 0.305. The first-order valence-corrected chi connectivity index (χ1v) is 10.6. The van der Waals surface area contributed by atoms with E-state index in [2.05, 4.69) is 22.2 Å². The van der Waals surface area contributed by atoms with Crippen LogP contribution in [0.15, 0.2) is 29.4 Å². The van der Waals surface area contributed by atoms with Gasteiger partial charge in [0.15, 0.2) is 9.84 Å². The number of benzene rings is 1. The summed E-state index contributed by atoms with van der Waals surface area (Å²) in [6.45, 7) is 2.25. The van der Waals surface area contributed by atoms with Crippen LogP contribution in [0.3, 0.4) is 0 Å². The molecule has 1 aliphatic rings. The van der Waals surface area contributed by atoms with Crippen molar-refractivity contribution < 1.29 is 8.42 Å². The summed E-state index contributed by atoms with van der Waals surface area (Å²) >= 11 is 0. The van der Waals surface area contributed by atoms with Crippen molar-refractivity contribution in [2.24, 2.45) is 5.92 Å². The maximum Gasteiger partial charge on any atom is 0.175 e. The number of anilines is 1. The van der Waals surface area contributed by atoms with Gasteiger partial charge in [-0.1, -0.05) is 19.8 Å². The molecule has 2 aromatic rings. The first-order valence-electron chi connectivity index (χ1n) is 8.68. The summed E-state index contributed by atoms with van der Waals surface area (Å²) in [5.41, 5.74) is 0.763. The van der Waals surface area contributed by atoms with Crippen LogP contribution < -0.4 is 5.32 Å². The van der Waals surface area contributed by atoms with Crippen molar-refractivity contribution in [2.45, 2.75) is 56.4 Å². The topological polar surface area (TPSA) is 72.0 Å². The van der Waals surface area contributed by atoms with Crippen LogP contribution in [-0.4, -0.2) is 30.7 Å². The van der Waals surface area contributed by atoms with Gasteiger partial charge in [0.05, 0.1) is 10.4 Å². The number of nitrogens with one attached hydrogen (secondary N) is 1. The highest BCUT2D eigenvalue weighted by molar-refractivity contribution is 7.90. The molecule has 1 N–H and O–H groups in total. The Morgan fingerprint density at radius 1 is 1.17 bits per heavy atom. The SMILES string of the molecule is CCCC1CCC(Nc2ncnc3ccc(S(C)(=O)=O)cc23)CC1. The maximum atomic E-state index is 11.8. The molecule has 1 fully saturated rings. The monoisotopic (exact) mass is 347 g/mol. The number of hydrogen-bond acceptors (Lipinski definition) is 5. The molecule has 3 rings (SSSR count). The van der Waals surface area contributed by atoms with Crippen molar-refractivity contribution in [3.8, 4) is 0 Å². The van der Waals surface area contributed by atoms with Crippen molar-refractivity contribution in [1.82, 2.24) is 9.97 Å². The van der Waals surface area contributed by atoms with Gasteiger partial charge in [0, 0.05) is 17.7 Å². The van der Waals surface area contributed by atoms with Gasteiger partial charge in [-0.3, -0.25) is 0 Å². The molecule has 0 amide bonds. The largest absolute Gasteiger partial charge is 0.367 e. The average Bonchev–Trinajstić information content (AvgIpc) is 2.56. The minimum atomic E-state index is -3.24. The Morgan fingerprint density at radius 3 is 2.58 bits per heavy atom. The molecule has 24 heavy (non-hydrogen) atoms. The normalized spacial score (nSPS) is 21.8. The molecule has 0 spiro atoms. The number of hydrogen-bond donors (Lipinski definition) is 1. The van der Waals surface area contributed by atoms with Gasteiger partial charge in [-0.2, -0.15) is 0 Å². The van der Waals surface area contributed by atoms with E-state index < -0.39 is 9.84 Å². The molecule has 5 nitrogen and oxygen atoms in total. The lowest BCUT2D eigenvalue weighted by Gasteiger charge is -2.29. The molecular formula is C18H25N3O2S. The second-order valence-electron chi connectivity index (χ2n) is 6.82. The molecule has 1 aromatic carbocycles. The van der Waals surface area contributed by atoms with Crippen molar-refractivity contribution in [3.63, 3.8) is 0 Å². The molecule has 0 aliphatic heterocycles. The Hall–Kier alpha value is -1.69. The first kappa shape index (κ1) is 17.1. The van der Waals surface area contributed by atoms with Gasteiger partial charge >= 0.3 is 0 Å². The van der Waals surface area contributed by atoms with E-state index in [1.54, 1.807) is 18.2 Å². The highest BCUT2D eigenvalue weighted by atomic mass is 32.2. The standard InChI is InChI=1S/C18H25N3O2S/c1-3-4-13-5-7-14(8-6-13)21-18-16-11-15(24(2,22)23)9-10-17(16)19-12-20-18/h9-14H,3-8H2,1-2H3,(H,19,20,21). The van der Waals surface area contributed by atoms with Crippen molar-refractivity contribution in [1.29, 1.82) is 0 Å². The third-order valence-electron chi connectivity index (χ3n) is 4.92. The zero-order valence-electron chi connectivity index (χ0n) is 14.3. The molecule has 0 bridgehead atoms. The zero-order valence-corrected chi connectivity index (χ0v) is 15.1. The predicted molar refractivity (Wildman–Crippen MR) is 96.9 cm³/mol. The lowest BCUT2D eigenvalue weighted by molar-refractivity contribution is 0.318. The smallest absolute Gasteiger partial charge is 0.175 e. The van der Waals surface area contributed by atoms with E-state index in [0.29, 0.717) is 10.9 Å². The molecule has 130 valence electrons. The minimum Gasteiger partial charge on any atom is -0.367 e. The fraction of sp³-hybridized carbons (Fsp3) is 0.556. The summed E-state index contributed by atoms with van der Waals surface area (Å²) in [4.78, 5) is 8.92. The summed E-state index contributed by atoms with van der Waals surface area (Å²) in [5, 5.41) is 4.29.